The summed E-state index contributed by atoms with van der Waals surface area (Å²) in [7, 11) is 0. The Labute approximate surface area is 140 Å². The van der Waals surface area contributed by atoms with Crippen LogP contribution in [0.15, 0.2) is 58.5 Å². The Balaban J connectivity index is 1.86. The Bertz CT molecular complexity index is 777. The smallest absolute Gasteiger partial charge is 0.257 e. The van der Waals surface area contributed by atoms with Crippen molar-refractivity contribution in [1.29, 1.82) is 0 Å². The molecular formula is C17H13F2NO3S. The highest BCUT2D eigenvalue weighted by Gasteiger charge is 2.36. The van der Waals surface area contributed by atoms with Crippen molar-refractivity contribution in [3.8, 4) is 0 Å². The van der Waals surface area contributed by atoms with Crippen LogP contribution in [0.3, 0.4) is 0 Å². The molecule has 7 heteroatoms. The predicted octanol–water partition coefficient (Wildman–Crippen LogP) is 3.29. The summed E-state index contributed by atoms with van der Waals surface area (Å²) in [5.74, 6) is -2.67. The Morgan fingerprint density at radius 3 is 2.50 bits per heavy atom. The number of carbonyl (C=O) groups excluding carboxylic acids is 1. The molecule has 2 aromatic heterocycles. The fourth-order valence-corrected chi connectivity index (χ4v) is 3.16. The van der Waals surface area contributed by atoms with Gasteiger partial charge >= 0.3 is 0 Å². The zero-order valence-electron chi connectivity index (χ0n) is 12.3. The van der Waals surface area contributed by atoms with Crippen LogP contribution in [0.4, 0.5) is 8.78 Å². The van der Waals surface area contributed by atoms with Crippen molar-refractivity contribution < 1.29 is 23.1 Å². The second-order valence-electron chi connectivity index (χ2n) is 5.09. The highest BCUT2D eigenvalue weighted by atomic mass is 32.1. The third-order valence-corrected chi connectivity index (χ3v) is 4.57. The molecule has 1 atom stereocenters. The van der Waals surface area contributed by atoms with Gasteiger partial charge in [0.25, 0.3) is 5.91 Å². The molecule has 2 N–H and O–H groups in total. The maximum atomic E-state index is 13.7. The van der Waals surface area contributed by atoms with Gasteiger partial charge < -0.3 is 14.8 Å². The van der Waals surface area contributed by atoms with E-state index >= 15 is 0 Å². The number of amides is 1. The van der Waals surface area contributed by atoms with Gasteiger partial charge in [0, 0.05) is 4.88 Å². The van der Waals surface area contributed by atoms with Crippen molar-refractivity contribution in [2.75, 3.05) is 6.54 Å². The molecule has 3 rings (SSSR count). The van der Waals surface area contributed by atoms with Crippen LogP contribution in [-0.2, 0) is 5.60 Å². The largest absolute Gasteiger partial charge is 0.466 e. The van der Waals surface area contributed by atoms with Crippen LogP contribution < -0.4 is 5.32 Å². The number of furan rings is 1. The lowest BCUT2D eigenvalue weighted by Crippen LogP contribution is -2.41. The van der Waals surface area contributed by atoms with Crippen LogP contribution in [-0.4, -0.2) is 17.6 Å². The zero-order valence-corrected chi connectivity index (χ0v) is 13.1. The number of hydrogen-bond donors (Lipinski definition) is 2. The van der Waals surface area contributed by atoms with Gasteiger partial charge in [-0.1, -0.05) is 12.1 Å². The number of carbonyl (C=O) groups is 1. The quantitative estimate of drug-likeness (QED) is 0.743. The van der Waals surface area contributed by atoms with E-state index in [-0.39, 0.29) is 12.3 Å². The van der Waals surface area contributed by atoms with Gasteiger partial charge in [-0.3, -0.25) is 4.79 Å². The minimum Gasteiger partial charge on any atom is -0.466 e. The molecule has 0 unspecified atom stereocenters. The molecule has 0 fully saturated rings. The van der Waals surface area contributed by atoms with Crippen LogP contribution in [0, 0.1) is 11.6 Å². The van der Waals surface area contributed by atoms with Gasteiger partial charge in [-0.2, -0.15) is 0 Å². The minimum absolute atomic E-state index is 0.222. The van der Waals surface area contributed by atoms with E-state index in [1.807, 2.05) is 0 Å². The molecule has 3 aromatic rings. The van der Waals surface area contributed by atoms with Gasteiger partial charge in [-0.25, -0.2) is 8.78 Å². The molecule has 0 saturated carbocycles. The molecule has 0 aliphatic carbocycles. The molecule has 1 aromatic carbocycles. The van der Waals surface area contributed by atoms with Gasteiger partial charge in [0.2, 0.25) is 0 Å². The Morgan fingerprint density at radius 1 is 1.17 bits per heavy atom. The van der Waals surface area contributed by atoms with E-state index < -0.39 is 28.7 Å². The van der Waals surface area contributed by atoms with E-state index in [1.165, 1.54) is 23.7 Å². The van der Waals surface area contributed by atoms with Crippen molar-refractivity contribution in [2.45, 2.75) is 5.60 Å². The van der Waals surface area contributed by atoms with E-state index in [4.69, 9.17) is 4.42 Å². The van der Waals surface area contributed by atoms with Crippen LogP contribution in [0.25, 0.3) is 0 Å². The molecule has 0 spiro atoms. The van der Waals surface area contributed by atoms with Crippen LogP contribution in [0.2, 0.25) is 0 Å². The van der Waals surface area contributed by atoms with Gasteiger partial charge in [-0.15, -0.1) is 11.3 Å². The normalized spacial score (nSPS) is 13.5. The predicted molar refractivity (Wildman–Crippen MR) is 84.7 cm³/mol. The molecule has 0 saturated heterocycles. The van der Waals surface area contributed by atoms with E-state index in [0.717, 1.165) is 12.1 Å². The fourth-order valence-electron chi connectivity index (χ4n) is 2.33. The summed E-state index contributed by atoms with van der Waals surface area (Å²) in [5, 5.41) is 15.1. The first-order valence-corrected chi connectivity index (χ1v) is 7.93. The number of hydrogen-bond acceptors (Lipinski definition) is 4. The maximum absolute atomic E-state index is 13.7. The molecule has 0 bridgehead atoms. The standard InChI is InChI=1S/C17H13F2NO3S/c18-11-4-1-5-12(19)15(11)16(21)20-10-17(22,13-6-2-8-23-13)14-7-3-9-24-14/h1-9,22H,10H2,(H,20,21)/t17-/m0/s1. The SMILES string of the molecule is O=C(NC[C@](O)(c1ccco1)c1cccs1)c1c(F)cccc1F. The van der Waals surface area contributed by atoms with Crippen LogP contribution in [0.5, 0.6) is 0 Å². The number of aliphatic hydroxyl groups is 1. The summed E-state index contributed by atoms with van der Waals surface area (Å²) < 4.78 is 32.6. The Kier molecular flexibility index (Phi) is 4.46. The summed E-state index contributed by atoms with van der Waals surface area (Å²) >= 11 is 1.27. The lowest BCUT2D eigenvalue weighted by molar-refractivity contribution is 0.0551. The molecular weight excluding hydrogens is 336 g/mol. The summed E-state index contributed by atoms with van der Waals surface area (Å²) in [6.07, 6.45) is 1.40. The second kappa shape index (κ2) is 6.54. The first-order chi connectivity index (χ1) is 11.5. The minimum atomic E-state index is -1.63. The lowest BCUT2D eigenvalue weighted by atomic mass is 9.98. The zero-order chi connectivity index (χ0) is 17.2. The summed E-state index contributed by atoms with van der Waals surface area (Å²) in [5.41, 5.74) is -2.32. The fraction of sp³-hybridized carbons (Fsp3) is 0.118. The molecule has 0 aliphatic rings. The topological polar surface area (TPSA) is 62.5 Å². The maximum Gasteiger partial charge on any atom is 0.257 e. The second-order valence-corrected chi connectivity index (χ2v) is 6.04. The number of nitrogens with one attached hydrogen (secondary N) is 1. The van der Waals surface area contributed by atoms with Crippen molar-refractivity contribution >= 4 is 17.2 Å². The van der Waals surface area contributed by atoms with Crippen LogP contribution in [0.1, 0.15) is 21.0 Å². The van der Waals surface area contributed by atoms with E-state index in [2.05, 4.69) is 5.32 Å². The van der Waals surface area contributed by atoms with Gasteiger partial charge in [0.1, 0.15) is 23.0 Å². The average molecular weight is 349 g/mol. The summed E-state index contributed by atoms with van der Waals surface area (Å²) in [6, 6.07) is 9.76. The van der Waals surface area contributed by atoms with E-state index in [9.17, 15) is 18.7 Å². The highest BCUT2D eigenvalue weighted by molar-refractivity contribution is 7.10. The van der Waals surface area contributed by atoms with Crippen molar-refractivity contribution in [3.05, 3.63) is 81.9 Å². The molecule has 0 aliphatic heterocycles. The number of halogens is 2. The number of thiophene rings is 1. The number of benzene rings is 1. The summed E-state index contributed by atoms with van der Waals surface area (Å²) in [6.45, 7) is -0.298. The molecule has 2 heterocycles. The van der Waals surface area contributed by atoms with Gasteiger partial charge in [-0.05, 0) is 35.7 Å². The van der Waals surface area contributed by atoms with Gasteiger partial charge in [0.05, 0.1) is 12.8 Å². The highest BCUT2D eigenvalue weighted by Crippen LogP contribution is 2.32. The average Bonchev–Trinajstić information content (AvgIpc) is 3.25. The van der Waals surface area contributed by atoms with Crippen molar-refractivity contribution in [3.63, 3.8) is 0 Å². The van der Waals surface area contributed by atoms with Crippen molar-refractivity contribution in [2.24, 2.45) is 0 Å². The molecule has 24 heavy (non-hydrogen) atoms. The molecule has 1 amide bonds. The van der Waals surface area contributed by atoms with E-state index in [1.54, 1.807) is 29.6 Å². The third-order valence-electron chi connectivity index (χ3n) is 3.55. The molecule has 124 valence electrons. The lowest BCUT2D eigenvalue weighted by Gasteiger charge is -2.25. The molecule has 0 radical (unpaired) electrons. The van der Waals surface area contributed by atoms with Crippen molar-refractivity contribution in [1.82, 2.24) is 5.32 Å². The monoisotopic (exact) mass is 349 g/mol. The summed E-state index contributed by atoms with van der Waals surface area (Å²) in [4.78, 5) is 12.7. The first kappa shape index (κ1) is 16.4. The molecule has 4 nitrogen and oxygen atoms in total. The Morgan fingerprint density at radius 2 is 1.92 bits per heavy atom. The third kappa shape index (κ3) is 2.95. The first-order valence-electron chi connectivity index (χ1n) is 7.05. The Hall–Kier alpha value is -2.51. The van der Waals surface area contributed by atoms with Crippen LogP contribution >= 0.6 is 11.3 Å². The number of rotatable bonds is 5. The van der Waals surface area contributed by atoms with E-state index in [0.29, 0.717) is 4.88 Å². The van der Waals surface area contributed by atoms with Gasteiger partial charge in [0.15, 0.2) is 5.60 Å².